The monoisotopic (exact) mass is 718 g/mol. The summed E-state index contributed by atoms with van der Waals surface area (Å²) in [5.74, 6) is 2.35. The zero-order valence-corrected chi connectivity index (χ0v) is 33.2. The van der Waals surface area contributed by atoms with E-state index >= 15 is 0 Å². The third kappa shape index (κ3) is 10.1. The summed E-state index contributed by atoms with van der Waals surface area (Å²) in [5, 5.41) is 20.3. The Balaban J connectivity index is 1.08. The minimum Gasteiger partial charge on any atom is -0.354 e. The van der Waals surface area contributed by atoms with Crippen LogP contribution in [0.4, 0.5) is 17.6 Å². The van der Waals surface area contributed by atoms with Crippen molar-refractivity contribution in [1.29, 1.82) is 0 Å². The van der Waals surface area contributed by atoms with Crippen LogP contribution < -0.4 is 20.9 Å². The van der Waals surface area contributed by atoms with Gasteiger partial charge < -0.3 is 15.5 Å². The molecular formula is C41H58N12. The summed E-state index contributed by atoms with van der Waals surface area (Å²) in [6, 6.07) is 13.4. The topological polar surface area (TPSA) is 125 Å². The van der Waals surface area contributed by atoms with Crippen molar-refractivity contribution in [2.75, 3.05) is 48.3 Å². The van der Waals surface area contributed by atoms with E-state index in [-0.39, 0.29) is 17.1 Å². The van der Waals surface area contributed by atoms with Gasteiger partial charge >= 0.3 is 0 Å². The average Bonchev–Trinajstić information content (AvgIpc) is 3.59. The molecule has 0 aliphatic carbocycles. The van der Waals surface area contributed by atoms with Crippen LogP contribution in [0.2, 0.25) is 0 Å². The Morgan fingerprint density at radius 2 is 1.57 bits per heavy atom. The normalized spacial score (nSPS) is 14.8. The molecule has 0 radical (unpaired) electrons. The SMILES string of the molecule is CCc1cc(CC)cc(-c2cc3cnc(NCc4cn(CCN5CCN(c6ccc(C(C)(C)C)cn6)CC5)nn4)nc3nc2NC(C)NC(C)(C)C)c1. The van der Waals surface area contributed by atoms with Gasteiger partial charge in [-0.15, -0.1) is 5.10 Å². The van der Waals surface area contributed by atoms with E-state index in [1.54, 1.807) is 0 Å². The van der Waals surface area contributed by atoms with Crippen LogP contribution in [0.15, 0.2) is 55.0 Å². The Kier molecular flexibility index (Phi) is 11.6. The first-order valence-corrected chi connectivity index (χ1v) is 19.2. The largest absolute Gasteiger partial charge is 0.354 e. The molecule has 0 amide bonds. The number of anilines is 3. The lowest BCUT2D eigenvalue weighted by molar-refractivity contribution is 0.243. The van der Waals surface area contributed by atoms with Gasteiger partial charge in [-0.3, -0.25) is 14.9 Å². The van der Waals surface area contributed by atoms with Crippen LogP contribution >= 0.6 is 0 Å². The van der Waals surface area contributed by atoms with Crippen LogP contribution in [0.3, 0.4) is 0 Å². The number of hydrogen-bond acceptors (Lipinski definition) is 11. The van der Waals surface area contributed by atoms with Gasteiger partial charge in [-0.1, -0.05) is 64.1 Å². The number of pyridine rings is 2. The van der Waals surface area contributed by atoms with Crippen LogP contribution in [-0.4, -0.2) is 84.3 Å². The van der Waals surface area contributed by atoms with Crippen molar-refractivity contribution in [2.45, 2.75) is 105 Å². The number of hydrogen-bond donors (Lipinski definition) is 3. The molecule has 0 saturated carbocycles. The lowest BCUT2D eigenvalue weighted by Crippen LogP contribution is -2.47. The van der Waals surface area contributed by atoms with E-state index in [2.05, 4.69) is 140 Å². The van der Waals surface area contributed by atoms with Gasteiger partial charge in [0.25, 0.3) is 0 Å². The molecule has 53 heavy (non-hydrogen) atoms. The molecule has 0 bridgehead atoms. The maximum atomic E-state index is 5.07. The smallest absolute Gasteiger partial charge is 0.225 e. The van der Waals surface area contributed by atoms with Gasteiger partial charge in [-0.05, 0) is 80.3 Å². The van der Waals surface area contributed by atoms with Crippen molar-refractivity contribution >= 4 is 28.6 Å². The summed E-state index contributed by atoms with van der Waals surface area (Å²) >= 11 is 0. The molecule has 1 unspecified atom stereocenters. The quantitative estimate of drug-likeness (QED) is 0.113. The molecule has 3 N–H and O–H groups in total. The number of aryl methyl sites for hydroxylation is 2. The Hall–Kier alpha value is -4.68. The molecule has 12 heteroatoms. The summed E-state index contributed by atoms with van der Waals surface area (Å²) < 4.78 is 1.92. The molecule has 1 atom stereocenters. The van der Waals surface area contributed by atoms with Crippen LogP contribution in [0, 0.1) is 0 Å². The van der Waals surface area contributed by atoms with E-state index in [1.807, 2.05) is 23.3 Å². The maximum Gasteiger partial charge on any atom is 0.225 e. The second kappa shape index (κ2) is 16.1. The molecule has 1 aliphatic heterocycles. The zero-order chi connectivity index (χ0) is 37.8. The van der Waals surface area contributed by atoms with E-state index in [4.69, 9.17) is 15.0 Å². The highest BCUT2D eigenvalue weighted by Crippen LogP contribution is 2.32. The summed E-state index contributed by atoms with van der Waals surface area (Å²) in [7, 11) is 0. The van der Waals surface area contributed by atoms with Crippen molar-refractivity contribution < 1.29 is 0 Å². The highest BCUT2D eigenvalue weighted by atomic mass is 15.4. The molecule has 6 rings (SSSR count). The van der Waals surface area contributed by atoms with E-state index in [0.29, 0.717) is 18.1 Å². The third-order valence-electron chi connectivity index (χ3n) is 9.72. The highest BCUT2D eigenvalue weighted by Gasteiger charge is 2.21. The fourth-order valence-corrected chi connectivity index (χ4v) is 6.76. The lowest BCUT2D eigenvalue weighted by atomic mass is 9.88. The van der Waals surface area contributed by atoms with Crippen LogP contribution in [-0.2, 0) is 31.3 Å². The van der Waals surface area contributed by atoms with Gasteiger partial charge in [0.2, 0.25) is 5.95 Å². The number of fused-ring (bicyclic) bond motifs is 1. The fraction of sp³-hybridized carbons (Fsp3) is 0.512. The molecule has 1 aliphatic rings. The highest BCUT2D eigenvalue weighted by molar-refractivity contribution is 5.88. The molecule has 5 heterocycles. The van der Waals surface area contributed by atoms with Crippen LogP contribution in [0.1, 0.15) is 84.7 Å². The molecular weight excluding hydrogens is 661 g/mol. The standard InChI is InChI=1S/C41H58N12/c1-10-29-20-30(11-2)22-31(21-29)35-23-32-24-43-39(47-37(32)46-38(35)45-28(3)48-41(7,8)9)44-26-34-27-53(50-49-34)19-16-51-14-17-52(18-15-51)36-13-12-33(25-42-36)40(4,5)6/h12-13,20-25,27-28,48H,10-11,14-19,26H2,1-9H3,(H2,43,44,45,46,47). The molecule has 1 saturated heterocycles. The number of nitrogens with zero attached hydrogens (tertiary/aromatic N) is 9. The summed E-state index contributed by atoms with van der Waals surface area (Å²) in [5.41, 5.74) is 7.58. The summed E-state index contributed by atoms with van der Waals surface area (Å²) in [4.78, 5) is 24.1. The Morgan fingerprint density at radius 3 is 2.21 bits per heavy atom. The first kappa shape index (κ1) is 38.1. The number of nitrogens with one attached hydrogen (secondary N) is 3. The van der Waals surface area contributed by atoms with E-state index in [0.717, 1.165) is 86.0 Å². The summed E-state index contributed by atoms with van der Waals surface area (Å²) in [6.07, 6.45) is 7.80. The summed E-state index contributed by atoms with van der Waals surface area (Å²) in [6.45, 7) is 25.7. The fourth-order valence-electron chi connectivity index (χ4n) is 6.76. The van der Waals surface area contributed by atoms with Gasteiger partial charge in [0.15, 0.2) is 5.65 Å². The number of piperazine rings is 1. The molecule has 282 valence electrons. The minimum absolute atomic E-state index is 0.0147. The van der Waals surface area contributed by atoms with Crippen molar-refractivity contribution in [3.05, 3.63) is 77.4 Å². The van der Waals surface area contributed by atoms with Gasteiger partial charge in [0.1, 0.15) is 17.3 Å². The molecule has 0 spiro atoms. The van der Waals surface area contributed by atoms with Crippen molar-refractivity contribution in [3.63, 3.8) is 0 Å². The van der Waals surface area contributed by atoms with Crippen molar-refractivity contribution in [2.24, 2.45) is 0 Å². The Morgan fingerprint density at radius 1 is 0.830 bits per heavy atom. The average molecular weight is 719 g/mol. The number of rotatable bonds is 13. The van der Waals surface area contributed by atoms with E-state index in [1.165, 1.54) is 16.7 Å². The van der Waals surface area contributed by atoms with Gasteiger partial charge in [-0.25, -0.2) is 15.0 Å². The van der Waals surface area contributed by atoms with Crippen molar-refractivity contribution in [3.8, 4) is 11.1 Å². The second-order valence-electron chi connectivity index (χ2n) is 16.3. The maximum absolute atomic E-state index is 5.07. The van der Waals surface area contributed by atoms with E-state index < -0.39 is 0 Å². The molecule has 1 aromatic carbocycles. The zero-order valence-electron chi connectivity index (χ0n) is 33.2. The predicted octanol–water partition coefficient (Wildman–Crippen LogP) is 6.68. The molecule has 12 nitrogen and oxygen atoms in total. The second-order valence-corrected chi connectivity index (χ2v) is 16.3. The van der Waals surface area contributed by atoms with Gasteiger partial charge in [-0.2, -0.15) is 4.98 Å². The predicted molar refractivity (Wildman–Crippen MR) is 216 cm³/mol. The lowest BCUT2D eigenvalue weighted by Gasteiger charge is -2.35. The van der Waals surface area contributed by atoms with Gasteiger partial charge in [0, 0.05) is 61.6 Å². The van der Waals surface area contributed by atoms with E-state index in [9.17, 15) is 0 Å². The Bertz CT molecular complexity index is 1940. The molecule has 5 aromatic rings. The number of aromatic nitrogens is 7. The number of benzene rings is 1. The van der Waals surface area contributed by atoms with Crippen LogP contribution in [0.5, 0.6) is 0 Å². The van der Waals surface area contributed by atoms with Crippen molar-refractivity contribution in [1.82, 2.24) is 45.1 Å². The molecule has 4 aromatic heterocycles. The first-order chi connectivity index (χ1) is 25.3. The Labute approximate surface area is 315 Å². The van der Waals surface area contributed by atoms with Crippen LogP contribution in [0.25, 0.3) is 22.2 Å². The third-order valence-corrected chi connectivity index (χ3v) is 9.72. The minimum atomic E-state index is -0.0603. The van der Waals surface area contributed by atoms with Gasteiger partial charge in [0.05, 0.1) is 25.5 Å². The molecule has 1 fully saturated rings. The first-order valence-electron chi connectivity index (χ1n) is 19.2.